The summed E-state index contributed by atoms with van der Waals surface area (Å²) in [6, 6.07) is 1.07. The molecule has 5 heteroatoms. The molecule has 1 aliphatic rings. The molecule has 0 aliphatic carbocycles. The van der Waals surface area contributed by atoms with Crippen LogP contribution < -0.4 is 5.32 Å². The van der Waals surface area contributed by atoms with Gasteiger partial charge in [-0.3, -0.25) is 0 Å². The summed E-state index contributed by atoms with van der Waals surface area (Å²) in [5.41, 5.74) is 4.39. The summed E-state index contributed by atoms with van der Waals surface area (Å²) in [6.45, 7) is 3.23. The van der Waals surface area contributed by atoms with Crippen molar-refractivity contribution in [2.75, 3.05) is 0 Å². The van der Waals surface area contributed by atoms with E-state index in [2.05, 4.69) is 32.2 Å². The Kier molecular flexibility index (Phi) is 3.94. The number of piperidine rings is 1. The number of hydrogen-bond donors (Lipinski definition) is 1. The van der Waals surface area contributed by atoms with Crippen LogP contribution in [0, 0.1) is 0 Å². The lowest BCUT2D eigenvalue weighted by molar-refractivity contribution is 0.329. The van der Waals surface area contributed by atoms with Gasteiger partial charge in [-0.1, -0.05) is 0 Å². The highest BCUT2D eigenvalue weighted by Crippen LogP contribution is 2.25. The van der Waals surface area contributed by atoms with Gasteiger partial charge in [0.05, 0.1) is 23.2 Å². The van der Waals surface area contributed by atoms with Crippen LogP contribution in [0.5, 0.6) is 0 Å². The van der Waals surface area contributed by atoms with E-state index in [0.717, 1.165) is 13.0 Å². The van der Waals surface area contributed by atoms with Crippen LogP contribution in [-0.4, -0.2) is 20.6 Å². The highest BCUT2D eigenvalue weighted by atomic mass is 32.1. The zero-order valence-corrected chi connectivity index (χ0v) is 12.1. The highest BCUT2D eigenvalue weighted by molar-refractivity contribution is 7.07. The van der Waals surface area contributed by atoms with Crippen LogP contribution in [-0.2, 0) is 13.0 Å². The van der Waals surface area contributed by atoms with Gasteiger partial charge in [-0.25, -0.2) is 9.97 Å². The first-order valence-corrected chi connectivity index (χ1v) is 7.90. The minimum atomic E-state index is 0.460. The number of nitrogens with zero attached hydrogens (tertiary/aromatic N) is 3. The molecule has 2 aromatic heterocycles. The molecule has 19 heavy (non-hydrogen) atoms. The number of aryl methyl sites for hydroxylation is 2. The minimum absolute atomic E-state index is 0.460. The van der Waals surface area contributed by atoms with Crippen LogP contribution in [0.1, 0.15) is 43.6 Å². The van der Waals surface area contributed by atoms with Crippen molar-refractivity contribution in [1.29, 1.82) is 0 Å². The van der Waals surface area contributed by atoms with Gasteiger partial charge >= 0.3 is 0 Å². The van der Waals surface area contributed by atoms with Gasteiger partial charge in [0.2, 0.25) is 0 Å². The van der Waals surface area contributed by atoms with Crippen molar-refractivity contribution in [2.24, 2.45) is 0 Å². The molecule has 0 aromatic carbocycles. The third-order valence-electron chi connectivity index (χ3n) is 3.81. The first-order chi connectivity index (χ1) is 9.33. The van der Waals surface area contributed by atoms with E-state index in [1.165, 1.54) is 30.7 Å². The maximum Gasteiger partial charge on any atom is 0.0948 e. The number of aromatic nitrogens is 3. The summed E-state index contributed by atoms with van der Waals surface area (Å²) < 4.78 is 2.27. The molecule has 1 aliphatic heterocycles. The summed E-state index contributed by atoms with van der Waals surface area (Å²) >= 11 is 1.66. The Morgan fingerprint density at radius 1 is 1.47 bits per heavy atom. The quantitative estimate of drug-likeness (QED) is 0.933. The van der Waals surface area contributed by atoms with Crippen LogP contribution in [0.2, 0.25) is 0 Å². The Morgan fingerprint density at radius 3 is 3.21 bits per heavy atom. The molecule has 0 bridgehead atoms. The lowest BCUT2D eigenvalue weighted by Gasteiger charge is -2.29. The third-order valence-corrected chi connectivity index (χ3v) is 4.44. The Labute approximate surface area is 117 Å². The minimum Gasteiger partial charge on any atom is -0.333 e. The van der Waals surface area contributed by atoms with Gasteiger partial charge in [-0.2, -0.15) is 0 Å². The van der Waals surface area contributed by atoms with Crippen molar-refractivity contribution < 1.29 is 0 Å². The molecule has 1 saturated heterocycles. The molecule has 1 N–H and O–H groups in total. The van der Waals surface area contributed by atoms with E-state index in [1.807, 2.05) is 18.0 Å². The summed E-state index contributed by atoms with van der Waals surface area (Å²) in [5.74, 6) is 0. The molecule has 2 atom stereocenters. The lowest BCUT2D eigenvalue weighted by Crippen LogP contribution is -2.35. The second-order valence-corrected chi connectivity index (χ2v) is 6.01. The molecule has 102 valence electrons. The molecule has 0 saturated carbocycles. The van der Waals surface area contributed by atoms with E-state index in [9.17, 15) is 0 Å². The van der Waals surface area contributed by atoms with Gasteiger partial charge in [0.25, 0.3) is 0 Å². The van der Waals surface area contributed by atoms with Gasteiger partial charge in [0.15, 0.2) is 0 Å². The Morgan fingerprint density at radius 2 is 2.42 bits per heavy atom. The smallest absolute Gasteiger partial charge is 0.0948 e. The van der Waals surface area contributed by atoms with Gasteiger partial charge < -0.3 is 9.88 Å². The van der Waals surface area contributed by atoms with Gasteiger partial charge in [-0.05, 0) is 26.2 Å². The van der Waals surface area contributed by atoms with Crippen molar-refractivity contribution in [3.05, 3.63) is 34.8 Å². The molecule has 3 heterocycles. The van der Waals surface area contributed by atoms with E-state index in [4.69, 9.17) is 0 Å². The monoisotopic (exact) mass is 276 g/mol. The van der Waals surface area contributed by atoms with E-state index in [0.29, 0.717) is 12.1 Å². The molecule has 0 radical (unpaired) electrons. The zero-order valence-electron chi connectivity index (χ0n) is 11.2. The summed E-state index contributed by atoms with van der Waals surface area (Å²) in [4.78, 5) is 8.67. The van der Waals surface area contributed by atoms with Crippen molar-refractivity contribution in [2.45, 2.75) is 51.2 Å². The average molecular weight is 276 g/mol. The van der Waals surface area contributed by atoms with Crippen LogP contribution in [0.3, 0.4) is 0 Å². The Hall–Kier alpha value is -1.20. The van der Waals surface area contributed by atoms with Crippen LogP contribution in [0.15, 0.2) is 23.4 Å². The molecule has 2 unspecified atom stereocenters. The molecular weight excluding hydrogens is 256 g/mol. The van der Waals surface area contributed by atoms with E-state index in [-0.39, 0.29) is 0 Å². The fourth-order valence-corrected chi connectivity index (χ4v) is 3.37. The standard InChI is InChI=1S/C14H20N4S/c1-11-3-2-4-13(17-11)14-7-15-9-18(14)6-5-12-8-19-10-16-12/h7-11,13,17H,2-6H2,1H3. The number of rotatable bonds is 4. The summed E-state index contributed by atoms with van der Waals surface area (Å²) in [6.07, 6.45) is 8.74. The number of thiazole rings is 1. The van der Waals surface area contributed by atoms with Gasteiger partial charge in [0.1, 0.15) is 0 Å². The number of hydrogen-bond acceptors (Lipinski definition) is 4. The maximum absolute atomic E-state index is 4.34. The first kappa shape index (κ1) is 12.8. The van der Waals surface area contributed by atoms with Crippen LogP contribution >= 0.6 is 11.3 Å². The molecule has 1 fully saturated rings. The average Bonchev–Trinajstić information content (AvgIpc) is 3.08. The molecule has 2 aromatic rings. The summed E-state index contributed by atoms with van der Waals surface area (Å²) in [7, 11) is 0. The zero-order chi connectivity index (χ0) is 13.1. The molecular formula is C14H20N4S. The second-order valence-electron chi connectivity index (χ2n) is 5.29. The largest absolute Gasteiger partial charge is 0.333 e. The Bertz CT molecular complexity index is 505. The number of imidazole rings is 1. The second kappa shape index (κ2) is 5.84. The van der Waals surface area contributed by atoms with Crippen molar-refractivity contribution in [1.82, 2.24) is 19.9 Å². The molecule has 4 nitrogen and oxygen atoms in total. The van der Waals surface area contributed by atoms with Crippen LogP contribution in [0.25, 0.3) is 0 Å². The van der Waals surface area contributed by atoms with Crippen molar-refractivity contribution >= 4 is 11.3 Å². The van der Waals surface area contributed by atoms with Crippen molar-refractivity contribution in [3.63, 3.8) is 0 Å². The summed E-state index contributed by atoms with van der Waals surface area (Å²) in [5, 5.41) is 5.80. The van der Waals surface area contributed by atoms with Crippen LogP contribution in [0.4, 0.5) is 0 Å². The maximum atomic E-state index is 4.34. The van der Waals surface area contributed by atoms with Crippen molar-refractivity contribution in [3.8, 4) is 0 Å². The van der Waals surface area contributed by atoms with E-state index in [1.54, 1.807) is 11.3 Å². The molecule has 0 amide bonds. The first-order valence-electron chi connectivity index (χ1n) is 6.96. The molecule has 3 rings (SSSR count). The van der Waals surface area contributed by atoms with E-state index >= 15 is 0 Å². The lowest BCUT2D eigenvalue weighted by atomic mass is 9.97. The SMILES string of the molecule is CC1CCCC(c2cncn2CCc2cscn2)N1. The molecule has 0 spiro atoms. The number of nitrogens with one attached hydrogen (secondary N) is 1. The van der Waals surface area contributed by atoms with Gasteiger partial charge in [-0.15, -0.1) is 11.3 Å². The third kappa shape index (κ3) is 3.04. The predicted molar refractivity (Wildman–Crippen MR) is 77.2 cm³/mol. The normalized spacial score (nSPS) is 23.6. The fraction of sp³-hybridized carbons (Fsp3) is 0.571. The van der Waals surface area contributed by atoms with E-state index < -0.39 is 0 Å². The predicted octanol–water partition coefficient (Wildman–Crippen LogP) is 2.79. The van der Waals surface area contributed by atoms with Gasteiger partial charge in [0, 0.05) is 36.6 Å². The fourth-order valence-electron chi connectivity index (χ4n) is 2.78. The highest BCUT2D eigenvalue weighted by Gasteiger charge is 2.21. The Balaban J connectivity index is 1.67. The topological polar surface area (TPSA) is 42.7 Å².